The van der Waals surface area contributed by atoms with Crippen LogP contribution < -0.4 is 69.3 Å². The van der Waals surface area contributed by atoms with Crippen LogP contribution in [0, 0.1) is 0 Å². The van der Waals surface area contributed by atoms with Gasteiger partial charge < -0.3 is 24.9 Å². The van der Waals surface area contributed by atoms with Crippen LogP contribution in [0.1, 0.15) is 219 Å². The fourth-order valence-corrected chi connectivity index (χ4v) is 6.54. The largest absolute Gasteiger partial charge is 1.00 e. The summed E-state index contributed by atoms with van der Waals surface area (Å²) in [6, 6.07) is 0. The number of carboxylic acids is 2. The molecule has 0 fully saturated rings. The van der Waals surface area contributed by atoms with Gasteiger partial charge in [-0.05, 0) is 6.42 Å². The van der Waals surface area contributed by atoms with E-state index >= 15 is 0 Å². The van der Waals surface area contributed by atoms with Gasteiger partial charge >= 0.3 is 59.1 Å². The van der Waals surface area contributed by atoms with Crippen LogP contribution in [0.2, 0.25) is 0 Å². The van der Waals surface area contributed by atoms with E-state index < -0.39 is 33.7 Å². The summed E-state index contributed by atoms with van der Waals surface area (Å²) in [7, 11) is -4.94. The number of unbranched alkanes of at least 4 members (excludes halogenated alkanes) is 31. The van der Waals surface area contributed by atoms with E-state index in [1.807, 2.05) is 0 Å². The SMILES string of the molecule is CCCCCCCCCCCCCCCCCCCCCCCCCCCCCCCCCCO.O=C([O-])CC(C(=O)[O-])S(=O)(=O)O.[Na+].[Na+]. The number of carbonyl (C=O) groups excluding carboxylic acids is 2. The molecular formula is C38H74Na2O8S. The van der Waals surface area contributed by atoms with E-state index in [9.17, 15) is 28.2 Å². The molecule has 2 N–H and O–H groups in total. The average Bonchev–Trinajstić information content (AvgIpc) is 3.02. The minimum Gasteiger partial charge on any atom is -0.550 e. The molecule has 11 heteroatoms. The normalized spacial score (nSPS) is 11.6. The number of carboxylic acid groups (broad SMARTS) is 2. The Labute approximate surface area is 346 Å². The molecule has 0 aromatic heterocycles. The summed E-state index contributed by atoms with van der Waals surface area (Å²) in [6.45, 7) is 2.68. The number of aliphatic carboxylic acids is 2. The molecular weight excluding hydrogens is 662 g/mol. The van der Waals surface area contributed by atoms with Gasteiger partial charge in [0, 0.05) is 19.0 Å². The summed E-state index contributed by atoms with van der Waals surface area (Å²) >= 11 is 0. The van der Waals surface area contributed by atoms with Crippen molar-refractivity contribution in [2.24, 2.45) is 0 Å². The van der Waals surface area contributed by atoms with Crippen molar-refractivity contribution in [2.45, 2.75) is 224 Å². The third-order valence-electron chi connectivity index (χ3n) is 8.99. The summed E-state index contributed by atoms with van der Waals surface area (Å²) in [6.07, 6.45) is 44.7. The molecule has 0 spiro atoms. The molecule has 0 amide bonds. The zero-order chi connectivity index (χ0) is 35.3. The summed E-state index contributed by atoms with van der Waals surface area (Å²) < 4.78 is 28.5. The molecule has 0 aliphatic rings. The maximum atomic E-state index is 10.2. The third kappa shape index (κ3) is 48.8. The summed E-state index contributed by atoms with van der Waals surface area (Å²) in [4.78, 5) is 19.7. The molecule has 282 valence electrons. The van der Waals surface area contributed by atoms with E-state index in [4.69, 9.17) is 9.66 Å². The predicted octanol–water partition coefficient (Wildman–Crippen LogP) is 2.62. The summed E-state index contributed by atoms with van der Waals surface area (Å²) in [5.41, 5.74) is 0. The Balaban J connectivity index is -0.000000613. The number of rotatable bonds is 36. The Morgan fingerprint density at radius 2 is 0.673 bits per heavy atom. The first-order chi connectivity index (χ1) is 22.7. The van der Waals surface area contributed by atoms with Gasteiger partial charge in [-0.3, -0.25) is 4.55 Å². The predicted molar refractivity (Wildman–Crippen MR) is 190 cm³/mol. The number of aliphatic hydroxyl groups is 1. The van der Waals surface area contributed by atoms with Gasteiger partial charge in [0.1, 0.15) is 5.25 Å². The molecule has 0 rings (SSSR count). The molecule has 0 saturated carbocycles. The second-order valence-corrected chi connectivity index (χ2v) is 15.2. The smallest absolute Gasteiger partial charge is 0.550 e. The molecule has 0 aromatic rings. The average molecular weight is 737 g/mol. The Kier molecular flexibility index (Phi) is 51.9. The number of carbonyl (C=O) groups is 2. The molecule has 0 heterocycles. The van der Waals surface area contributed by atoms with Crippen LogP contribution in [0.5, 0.6) is 0 Å². The van der Waals surface area contributed by atoms with Crippen molar-refractivity contribution in [3.63, 3.8) is 0 Å². The van der Waals surface area contributed by atoms with Gasteiger partial charge in [-0.1, -0.05) is 206 Å². The standard InChI is InChI=1S/C34H70O.C4H6O7S.2Na/c1-2-3-4-5-6-7-8-9-10-11-12-13-14-15-16-17-18-19-20-21-22-23-24-25-26-27-28-29-30-31-32-33-34-35;5-3(6)1-2(4(7)8)12(9,10)11;;/h35H,2-34H2,1H3;2H,1H2,(H,5,6)(H,7,8)(H,9,10,11);;/q;;2*+1/p-2. The topological polar surface area (TPSA) is 155 Å². The first-order valence-corrected chi connectivity index (χ1v) is 21.1. The van der Waals surface area contributed by atoms with Crippen LogP contribution >= 0.6 is 0 Å². The van der Waals surface area contributed by atoms with Gasteiger partial charge in [0.25, 0.3) is 10.1 Å². The zero-order valence-electron chi connectivity index (χ0n) is 32.4. The molecule has 0 aliphatic carbocycles. The van der Waals surface area contributed by atoms with Crippen LogP contribution in [0.15, 0.2) is 0 Å². The van der Waals surface area contributed by atoms with Crippen LogP contribution in [0.4, 0.5) is 0 Å². The minimum absolute atomic E-state index is 0. The van der Waals surface area contributed by atoms with Gasteiger partial charge in [0.2, 0.25) is 0 Å². The van der Waals surface area contributed by atoms with Gasteiger partial charge in [0.15, 0.2) is 0 Å². The van der Waals surface area contributed by atoms with E-state index in [0.717, 1.165) is 6.42 Å². The molecule has 0 radical (unpaired) electrons. The minimum atomic E-state index is -4.94. The van der Waals surface area contributed by atoms with E-state index in [0.29, 0.717) is 6.61 Å². The first-order valence-electron chi connectivity index (χ1n) is 19.6. The Morgan fingerprint density at radius 1 is 0.469 bits per heavy atom. The second-order valence-electron chi connectivity index (χ2n) is 13.6. The van der Waals surface area contributed by atoms with Gasteiger partial charge in [0.05, 0.1) is 5.97 Å². The number of aliphatic hydroxyl groups excluding tert-OH is 1. The van der Waals surface area contributed by atoms with Crippen LogP contribution in [0.3, 0.4) is 0 Å². The molecule has 0 saturated heterocycles. The Morgan fingerprint density at radius 3 is 0.796 bits per heavy atom. The molecule has 1 unspecified atom stereocenters. The fourth-order valence-electron chi connectivity index (χ4n) is 5.95. The Bertz CT molecular complexity index is 752. The quantitative estimate of drug-likeness (QED) is 0.0566. The van der Waals surface area contributed by atoms with Crippen molar-refractivity contribution in [1.29, 1.82) is 0 Å². The van der Waals surface area contributed by atoms with Crippen LogP contribution in [-0.4, -0.2) is 41.9 Å². The van der Waals surface area contributed by atoms with Crippen LogP contribution in [-0.2, 0) is 19.7 Å². The van der Waals surface area contributed by atoms with Crippen molar-refractivity contribution >= 4 is 22.1 Å². The monoisotopic (exact) mass is 736 g/mol. The van der Waals surface area contributed by atoms with Gasteiger partial charge in [-0.15, -0.1) is 0 Å². The van der Waals surface area contributed by atoms with E-state index in [-0.39, 0.29) is 59.1 Å². The van der Waals surface area contributed by atoms with Crippen molar-refractivity contribution < 1.29 is 97.0 Å². The van der Waals surface area contributed by atoms with E-state index in [1.165, 1.54) is 199 Å². The van der Waals surface area contributed by atoms with Gasteiger partial charge in [-0.25, -0.2) is 0 Å². The first kappa shape index (κ1) is 56.5. The van der Waals surface area contributed by atoms with Gasteiger partial charge in [-0.2, -0.15) is 8.42 Å². The van der Waals surface area contributed by atoms with Crippen molar-refractivity contribution in [3.05, 3.63) is 0 Å². The second kappa shape index (κ2) is 45.0. The molecule has 0 aliphatic heterocycles. The zero-order valence-corrected chi connectivity index (χ0v) is 37.2. The van der Waals surface area contributed by atoms with E-state index in [2.05, 4.69) is 6.92 Å². The van der Waals surface area contributed by atoms with Crippen molar-refractivity contribution in [2.75, 3.05) is 6.61 Å². The molecule has 0 bridgehead atoms. The van der Waals surface area contributed by atoms with Crippen molar-refractivity contribution in [1.82, 2.24) is 0 Å². The maximum Gasteiger partial charge on any atom is 1.00 e. The fraction of sp³-hybridized carbons (Fsp3) is 0.947. The number of hydrogen-bond donors (Lipinski definition) is 2. The molecule has 49 heavy (non-hydrogen) atoms. The van der Waals surface area contributed by atoms with Crippen molar-refractivity contribution in [3.8, 4) is 0 Å². The van der Waals surface area contributed by atoms with E-state index in [1.54, 1.807) is 0 Å². The van der Waals surface area contributed by atoms with Crippen LogP contribution in [0.25, 0.3) is 0 Å². The summed E-state index contributed by atoms with van der Waals surface area (Å²) in [5.74, 6) is -4.08. The molecule has 0 aromatic carbocycles. The third-order valence-corrected chi connectivity index (χ3v) is 10.1. The Hall–Kier alpha value is 0.810. The molecule has 8 nitrogen and oxygen atoms in total. The maximum absolute atomic E-state index is 10.2. The number of hydrogen-bond acceptors (Lipinski definition) is 7. The summed E-state index contributed by atoms with van der Waals surface area (Å²) in [5, 5.41) is 26.0. The molecule has 1 atom stereocenters.